The summed E-state index contributed by atoms with van der Waals surface area (Å²) in [6, 6.07) is 2.30. The van der Waals surface area contributed by atoms with Gasteiger partial charge < -0.3 is 5.73 Å². The van der Waals surface area contributed by atoms with E-state index in [1.807, 2.05) is 0 Å². The lowest BCUT2D eigenvalue weighted by atomic mass is 10.1. The molecule has 120 valence electrons. The van der Waals surface area contributed by atoms with Crippen LogP contribution in [-0.2, 0) is 19.9 Å². The van der Waals surface area contributed by atoms with Crippen LogP contribution in [0.15, 0.2) is 28.3 Å². The minimum absolute atomic E-state index is 0. The first-order valence-corrected chi connectivity index (χ1v) is 9.46. The van der Waals surface area contributed by atoms with Gasteiger partial charge in [-0.2, -0.15) is 4.31 Å². The first-order chi connectivity index (χ1) is 9.21. The molecule has 1 atom stereocenters. The van der Waals surface area contributed by atoms with Gasteiger partial charge in [-0.1, -0.05) is 0 Å². The van der Waals surface area contributed by atoms with Gasteiger partial charge in [-0.15, -0.1) is 12.4 Å². The molecule has 0 spiro atoms. The molecule has 0 bridgehead atoms. The minimum Gasteiger partial charge on any atom is -0.327 e. The molecule has 1 aliphatic rings. The fourth-order valence-corrected chi connectivity index (χ4v) is 4.12. The van der Waals surface area contributed by atoms with Crippen molar-refractivity contribution in [2.75, 3.05) is 19.3 Å². The summed E-state index contributed by atoms with van der Waals surface area (Å²) >= 11 is 0. The third-order valence-corrected chi connectivity index (χ3v) is 6.00. The van der Waals surface area contributed by atoms with Crippen LogP contribution in [0, 0.1) is 0 Å². The van der Waals surface area contributed by atoms with Crippen LogP contribution in [0.4, 0.5) is 0 Å². The van der Waals surface area contributed by atoms with Crippen LogP contribution in [0.1, 0.15) is 12.8 Å². The van der Waals surface area contributed by atoms with Crippen LogP contribution < -0.4 is 5.73 Å². The largest absolute Gasteiger partial charge is 0.327 e. The smallest absolute Gasteiger partial charge is 0.244 e. The van der Waals surface area contributed by atoms with E-state index in [1.165, 1.54) is 16.4 Å². The number of sulfone groups is 1. The maximum absolute atomic E-state index is 12.4. The maximum atomic E-state index is 12.4. The number of hydrogen-bond acceptors (Lipinski definition) is 6. The number of sulfonamides is 1. The van der Waals surface area contributed by atoms with Crippen molar-refractivity contribution in [1.29, 1.82) is 0 Å². The monoisotopic (exact) mass is 355 g/mol. The van der Waals surface area contributed by atoms with E-state index in [-0.39, 0.29) is 34.9 Å². The standard InChI is InChI=1S/C11H17N3O4S2.ClH/c1-19(15,16)11-5-4-10(7-13-11)20(17,18)14-6-2-3-9(12)8-14;/h4-5,7,9H,2-3,6,8,12H2,1H3;1H/t9-;/m1./s1. The summed E-state index contributed by atoms with van der Waals surface area (Å²) in [5.74, 6) is 0. The quantitative estimate of drug-likeness (QED) is 0.818. The van der Waals surface area contributed by atoms with Gasteiger partial charge in [0.1, 0.15) is 4.90 Å². The van der Waals surface area contributed by atoms with E-state index in [0.29, 0.717) is 6.54 Å². The summed E-state index contributed by atoms with van der Waals surface area (Å²) in [5.41, 5.74) is 5.78. The zero-order chi connectivity index (χ0) is 15.0. The second-order valence-corrected chi connectivity index (χ2v) is 8.77. The van der Waals surface area contributed by atoms with Crippen molar-refractivity contribution in [1.82, 2.24) is 9.29 Å². The van der Waals surface area contributed by atoms with Gasteiger partial charge in [-0.25, -0.2) is 21.8 Å². The Kier molecular flexibility index (Phi) is 5.73. The second-order valence-electron chi connectivity index (χ2n) is 4.87. The molecule has 1 aromatic rings. The summed E-state index contributed by atoms with van der Waals surface area (Å²) in [5, 5.41) is -0.146. The Bertz CT molecular complexity index is 689. The highest BCUT2D eigenvalue weighted by Crippen LogP contribution is 2.20. The van der Waals surface area contributed by atoms with Gasteiger partial charge >= 0.3 is 0 Å². The number of pyridine rings is 1. The van der Waals surface area contributed by atoms with Gasteiger partial charge in [-0.3, -0.25) is 0 Å². The van der Waals surface area contributed by atoms with Crippen LogP contribution in [-0.4, -0.2) is 51.5 Å². The number of nitrogens with zero attached hydrogens (tertiary/aromatic N) is 2. The first-order valence-electron chi connectivity index (χ1n) is 6.13. The summed E-state index contributed by atoms with van der Waals surface area (Å²) in [7, 11) is -7.10. The van der Waals surface area contributed by atoms with Gasteiger partial charge in [0.2, 0.25) is 10.0 Å². The minimum atomic E-state index is -3.66. The van der Waals surface area contributed by atoms with Crippen molar-refractivity contribution >= 4 is 32.3 Å². The number of rotatable bonds is 3. The number of halogens is 1. The van der Waals surface area contributed by atoms with Crippen LogP contribution in [0.5, 0.6) is 0 Å². The molecule has 21 heavy (non-hydrogen) atoms. The third kappa shape index (κ3) is 4.13. The molecular formula is C11H18ClN3O4S2. The van der Waals surface area contributed by atoms with E-state index in [0.717, 1.165) is 25.3 Å². The molecule has 0 amide bonds. The summed E-state index contributed by atoms with van der Waals surface area (Å²) in [6.45, 7) is 0.694. The van der Waals surface area contributed by atoms with Crippen molar-refractivity contribution in [2.45, 2.75) is 28.8 Å². The molecule has 0 radical (unpaired) electrons. The molecule has 0 aromatic carbocycles. The van der Waals surface area contributed by atoms with Crippen LogP contribution in [0.2, 0.25) is 0 Å². The molecule has 1 aromatic heterocycles. The van der Waals surface area contributed by atoms with Crippen molar-refractivity contribution < 1.29 is 16.8 Å². The molecule has 7 nitrogen and oxygen atoms in total. The second kappa shape index (κ2) is 6.57. The topological polar surface area (TPSA) is 110 Å². The summed E-state index contributed by atoms with van der Waals surface area (Å²) in [6.07, 6.45) is 3.62. The van der Waals surface area contributed by atoms with E-state index < -0.39 is 19.9 Å². The van der Waals surface area contributed by atoms with Gasteiger partial charge in [-0.05, 0) is 25.0 Å². The van der Waals surface area contributed by atoms with Gasteiger partial charge in [0.15, 0.2) is 14.9 Å². The molecule has 0 aliphatic carbocycles. The van der Waals surface area contributed by atoms with Crippen LogP contribution >= 0.6 is 12.4 Å². The Morgan fingerprint density at radius 1 is 1.29 bits per heavy atom. The Labute approximate surface area is 130 Å². The van der Waals surface area contributed by atoms with E-state index in [1.54, 1.807) is 0 Å². The number of hydrogen-bond donors (Lipinski definition) is 1. The fraction of sp³-hybridized carbons (Fsp3) is 0.545. The van der Waals surface area contributed by atoms with E-state index >= 15 is 0 Å². The Hall–Kier alpha value is -0.740. The van der Waals surface area contributed by atoms with Crippen molar-refractivity contribution in [3.63, 3.8) is 0 Å². The lowest BCUT2D eigenvalue weighted by Crippen LogP contribution is -2.45. The Morgan fingerprint density at radius 2 is 1.95 bits per heavy atom. The lowest BCUT2D eigenvalue weighted by molar-refractivity contribution is 0.316. The molecule has 10 heteroatoms. The highest BCUT2D eigenvalue weighted by atomic mass is 35.5. The highest BCUT2D eigenvalue weighted by Gasteiger charge is 2.29. The van der Waals surface area contributed by atoms with Crippen molar-refractivity contribution in [3.05, 3.63) is 18.3 Å². The highest BCUT2D eigenvalue weighted by molar-refractivity contribution is 7.90. The zero-order valence-electron chi connectivity index (χ0n) is 11.5. The van der Waals surface area contributed by atoms with Gasteiger partial charge in [0, 0.05) is 31.6 Å². The fourth-order valence-electron chi connectivity index (χ4n) is 2.08. The molecule has 1 aliphatic heterocycles. The van der Waals surface area contributed by atoms with Crippen molar-refractivity contribution in [3.8, 4) is 0 Å². The molecule has 2 rings (SSSR count). The average Bonchev–Trinajstić information content (AvgIpc) is 2.38. The Morgan fingerprint density at radius 3 is 2.43 bits per heavy atom. The van der Waals surface area contributed by atoms with Crippen molar-refractivity contribution in [2.24, 2.45) is 5.73 Å². The maximum Gasteiger partial charge on any atom is 0.244 e. The van der Waals surface area contributed by atoms with Gasteiger partial charge in [0.25, 0.3) is 0 Å². The summed E-state index contributed by atoms with van der Waals surface area (Å²) in [4.78, 5) is 3.69. The first kappa shape index (κ1) is 18.3. The van der Waals surface area contributed by atoms with Crippen LogP contribution in [0.3, 0.4) is 0 Å². The SMILES string of the molecule is CS(=O)(=O)c1ccc(S(=O)(=O)N2CCC[C@@H](N)C2)cn1.Cl. The van der Waals surface area contributed by atoms with E-state index in [2.05, 4.69) is 4.98 Å². The lowest BCUT2D eigenvalue weighted by Gasteiger charge is -2.29. The number of piperidine rings is 1. The average molecular weight is 356 g/mol. The molecule has 1 fully saturated rings. The Balaban J connectivity index is 0.00000220. The third-order valence-electron chi connectivity index (χ3n) is 3.15. The number of aromatic nitrogens is 1. The number of nitrogens with two attached hydrogens (primary N) is 1. The molecule has 2 N–H and O–H groups in total. The predicted molar refractivity (Wildman–Crippen MR) is 80.6 cm³/mol. The van der Waals surface area contributed by atoms with E-state index in [9.17, 15) is 16.8 Å². The molecule has 1 saturated heterocycles. The molecule has 0 unspecified atom stereocenters. The molecule has 0 saturated carbocycles. The van der Waals surface area contributed by atoms with E-state index in [4.69, 9.17) is 5.73 Å². The summed E-state index contributed by atoms with van der Waals surface area (Å²) < 4.78 is 48.7. The molecular weight excluding hydrogens is 338 g/mol. The zero-order valence-corrected chi connectivity index (χ0v) is 13.9. The van der Waals surface area contributed by atoms with Gasteiger partial charge in [0.05, 0.1) is 0 Å². The predicted octanol–water partition coefficient (Wildman–Crippen LogP) is 0.0187. The van der Waals surface area contributed by atoms with Crippen LogP contribution in [0.25, 0.3) is 0 Å². The molecule has 2 heterocycles. The normalized spacial score (nSPS) is 20.8.